The largest absolute Gasteiger partial charge is 0.375 e. The second-order valence-corrected chi connectivity index (χ2v) is 3.79. The molecular formula is C12H17NO. The summed E-state index contributed by atoms with van der Waals surface area (Å²) in [5, 5.41) is 0. The molecule has 0 spiro atoms. The molecule has 0 saturated heterocycles. The Labute approximate surface area is 85.5 Å². The van der Waals surface area contributed by atoms with Crippen molar-refractivity contribution in [1.29, 1.82) is 0 Å². The van der Waals surface area contributed by atoms with Crippen LogP contribution in [0.15, 0.2) is 18.2 Å². The number of ether oxygens (including phenoxy) is 1. The van der Waals surface area contributed by atoms with Crippen molar-refractivity contribution in [2.45, 2.75) is 20.0 Å². The van der Waals surface area contributed by atoms with Crippen molar-refractivity contribution < 1.29 is 4.74 Å². The van der Waals surface area contributed by atoms with Gasteiger partial charge in [0, 0.05) is 24.8 Å². The molecule has 0 N–H and O–H groups in total. The lowest BCUT2D eigenvalue weighted by Crippen LogP contribution is -2.20. The van der Waals surface area contributed by atoms with Crippen molar-refractivity contribution in [3.8, 4) is 0 Å². The molecule has 2 rings (SSSR count). The highest BCUT2D eigenvalue weighted by Gasteiger charge is 2.11. The van der Waals surface area contributed by atoms with Crippen LogP contribution < -0.4 is 4.90 Å². The minimum Gasteiger partial charge on any atom is -0.375 e. The Morgan fingerprint density at radius 1 is 1.43 bits per heavy atom. The van der Waals surface area contributed by atoms with Gasteiger partial charge in [-0.3, -0.25) is 0 Å². The average Bonchev–Trinajstić information content (AvgIpc) is 2.40. The Bertz CT molecular complexity index is 322. The van der Waals surface area contributed by atoms with E-state index in [1.807, 2.05) is 0 Å². The number of likely N-dealkylation sites (N-methyl/N-ethyl adjacent to an activating group) is 1. The van der Waals surface area contributed by atoms with E-state index in [0.717, 1.165) is 26.2 Å². The van der Waals surface area contributed by atoms with Crippen molar-refractivity contribution >= 4 is 5.69 Å². The standard InChI is InChI=1S/C12H17NO/c1-3-10-4-5-12-11(8-10)9-14-7-6-13(12)2/h4-5,8H,3,6-7,9H2,1-2H3. The van der Waals surface area contributed by atoms with Crippen molar-refractivity contribution in [3.63, 3.8) is 0 Å². The molecule has 0 unspecified atom stereocenters. The van der Waals surface area contributed by atoms with E-state index in [4.69, 9.17) is 4.74 Å². The fraction of sp³-hybridized carbons (Fsp3) is 0.500. The molecule has 0 atom stereocenters. The van der Waals surface area contributed by atoms with Gasteiger partial charge in [0.15, 0.2) is 0 Å². The Morgan fingerprint density at radius 3 is 3.07 bits per heavy atom. The van der Waals surface area contributed by atoms with Crippen LogP contribution in [0.3, 0.4) is 0 Å². The summed E-state index contributed by atoms with van der Waals surface area (Å²) in [6.45, 7) is 4.75. The number of hydrogen-bond acceptors (Lipinski definition) is 2. The predicted molar refractivity (Wildman–Crippen MR) is 58.7 cm³/mol. The van der Waals surface area contributed by atoms with Crippen LogP contribution in [0.2, 0.25) is 0 Å². The van der Waals surface area contributed by atoms with Gasteiger partial charge in [0.05, 0.1) is 13.2 Å². The molecule has 0 aliphatic carbocycles. The van der Waals surface area contributed by atoms with Gasteiger partial charge in [-0.05, 0) is 18.1 Å². The highest BCUT2D eigenvalue weighted by atomic mass is 16.5. The Hall–Kier alpha value is -1.02. The number of rotatable bonds is 1. The van der Waals surface area contributed by atoms with E-state index < -0.39 is 0 Å². The zero-order chi connectivity index (χ0) is 9.97. The second-order valence-electron chi connectivity index (χ2n) is 3.79. The molecule has 1 aromatic carbocycles. The molecule has 1 aromatic rings. The van der Waals surface area contributed by atoms with Gasteiger partial charge in [0.2, 0.25) is 0 Å². The number of hydrogen-bond donors (Lipinski definition) is 0. The first-order chi connectivity index (χ1) is 6.81. The van der Waals surface area contributed by atoms with Crippen LogP contribution in [0.25, 0.3) is 0 Å². The van der Waals surface area contributed by atoms with Gasteiger partial charge in [0.1, 0.15) is 0 Å². The summed E-state index contributed by atoms with van der Waals surface area (Å²) in [7, 11) is 2.12. The molecule has 0 aromatic heterocycles. The minimum atomic E-state index is 0.757. The van der Waals surface area contributed by atoms with E-state index in [0.29, 0.717) is 0 Å². The van der Waals surface area contributed by atoms with Gasteiger partial charge in [-0.1, -0.05) is 19.1 Å². The van der Waals surface area contributed by atoms with E-state index >= 15 is 0 Å². The normalized spacial score (nSPS) is 16.3. The summed E-state index contributed by atoms with van der Waals surface area (Å²) < 4.78 is 5.55. The van der Waals surface area contributed by atoms with E-state index in [1.54, 1.807) is 0 Å². The summed E-state index contributed by atoms with van der Waals surface area (Å²) in [5.74, 6) is 0. The Kier molecular flexibility index (Phi) is 2.73. The first-order valence-electron chi connectivity index (χ1n) is 5.22. The van der Waals surface area contributed by atoms with Gasteiger partial charge in [-0.2, -0.15) is 0 Å². The van der Waals surface area contributed by atoms with E-state index in [1.165, 1.54) is 16.8 Å². The van der Waals surface area contributed by atoms with E-state index in [9.17, 15) is 0 Å². The fourth-order valence-corrected chi connectivity index (χ4v) is 1.85. The third kappa shape index (κ3) is 1.75. The van der Waals surface area contributed by atoms with Crippen molar-refractivity contribution in [1.82, 2.24) is 0 Å². The zero-order valence-electron chi connectivity index (χ0n) is 8.92. The van der Waals surface area contributed by atoms with Crippen LogP contribution in [-0.4, -0.2) is 20.2 Å². The second kappa shape index (κ2) is 4.01. The Morgan fingerprint density at radius 2 is 2.29 bits per heavy atom. The van der Waals surface area contributed by atoms with Crippen molar-refractivity contribution in [3.05, 3.63) is 29.3 Å². The number of aryl methyl sites for hydroxylation is 1. The molecule has 76 valence electrons. The van der Waals surface area contributed by atoms with Crippen molar-refractivity contribution in [2.75, 3.05) is 25.1 Å². The molecule has 0 bridgehead atoms. The third-order valence-electron chi connectivity index (χ3n) is 2.79. The van der Waals surface area contributed by atoms with E-state index in [-0.39, 0.29) is 0 Å². The Balaban J connectivity index is 2.38. The SMILES string of the molecule is CCc1ccc2c(c1)COCCN2C. The third-order valence-corrected chi connectivity index (χ3v) is 2.79. The molecule has 1 aliphatic rings. The number of benzene rings is 1. The van der Waals surface area contributed by atoms with Crippen LogP contribution in [-0.2, 0) is 17.8 Å². The quantitative estimate of drug-likeness (QED) is 0.675. The number of anilines is 1. The van der Waals surface area contributed by atoms with Gasteiger partial charge < -0.3 is 9.64 Å². The molecule has 0 amide bonds. The smallest absolute Gasteiger partial charge is 0.0738 e. The van der Waals surface area contributed by atoms with Gasteiger partial charge in [-0.15, -0.1) is 0 Å². The molecule has 1 aliphatic heterocycles. The number of fused-ring (bicyclic) bond motifs is 1. The lowest BCUT2D eigenvalue weighted by Gasteiger charge is -2.18. The molecule has 0 radical (unpaired) electrons. The van der Waals surface area contributed by atoms with Crippen LogP contribution in [0.4, 0.5) is 5.69 Å². The lowest BCUT2D eigenvalue weighted by atomic mass is 10.1. The highest BCUT2D eigenvalue weighted by molar-refractivity contribution is 5.54. The molecule has 1 heterocycles. The monoisotopic (exact) mass is 191 g/mol. The zero-order valence-corrected chi connectivity index (χ0v) is 8.92. The van der Waals surface area contributed by atoms with E-state index in [2.05, 4.69) is 37.1 Å². The molecule has 0 saturated carbocycles. The number of nitrogens with zero attached hydrogens (tertiary/aromatic N) is 1. The highest BCUT2D eigenvalue weighted by Crippen LogP contribution is 2.24. The molecule has 2 nitrogen and oxygen atoms in total. The van der Waals surface area contributed by atoms with Gasteiger partial charge in [-0.25, -0.2) is 0 Å². The molecule has 2 heteroatoms. The first-order valence-corrected chi connectivity index (χ1v) is 5.22. The maximum Gasteiger partial charge on any atom is 0.0738 e. The minimum absolute atomic E-state index is 0.757. The summed E-state index contributed by atoms with van der Waals surface area (Å²) in [5.41, 5.74) is 4.03. The fourth-order valence-electron chi connectivity index (χ4n) is 1.85. The van der Waals surface area contributed by atoms with Crippen LogP contribution in [0, 0.1) is 0 Å². The van der Waals surface area contributed by atoms with Crippen molar-refractivity contribution in [2.24, 2.45) is 0 Å². The van der Waals surface area contributed by atoms with Crippen LogP contribution in [0.5, 0.6) is 0 Å². The predicted octanol–water partition coefficient (Wildman–Crippen LogP) is 2.22. The molecular weight excluding hydrogens is 174 g/mol. The van der Waals surface area contributed by atoms with Gasteiger partial charge >= 0.3 is 0 Å². The maximum atomic E-state index is 5.55. The summed E-state index contributed by atoms with van der Waals surface area (Å²) >= 11 is 0. The van der Waals surface area contributed by atoms with Gasteiger partial charge in [0.25, 0.3) is 0 Å². The first kappa shape index (κ1) is 9.53. The molecule has 14 heavy (non-hydrogen) atoms. The average molecular weight is 191 g/mol. The van der Waals surface area contributed by atoms with Crippen LogP contribution >= 0.6 is 0 Å². The maximum absolute atomic E-state index is 5.55. The molecule has 0 fully saturated rings. The summed E-state index contributed by atoms with van der Waals surface area (Å²) in [4.78, 5) is 2.27. The lowest BCUT2D eigenvalue weighted by molar-refractivity contribution is 0.133. The summed E-state index contributed by atoms with van der Waals surface area (Å²) in [6.07, 6.45) is 1.09. The topological polar surface area (TPSA) is 12.5 Å². The van der Waals surface area contributed by atoms with Crippen LogP contribution in [0.1, 0.15) is 18.1 Å². The summed E-state index contributed by atoms with van der Waals surface area (Å²) in [6, 6.07) is 6.68.